The highest BCUT2D eigenvalue weighted by atomic mass is 19.1. The van der Waals surface area contributed by atoms with Crippen LogP contribution in [0.15, 0.2) is 48.5 Å². The van der Waals surface area contributed by atoms with Crippen molar-refractivity contribution in [3.05, 3.63) is 65.5 Å². The van der Waals surface area contributed by atoms with Gasteiger partial charge in [-0.05, 0) is 50.2 Å². The molecule has 0 aliphatic carbocycles. The molecule has 3 rings (SSSR count). The van der Waals surface area contributed by atoms with E-state index in [1.54, 1.807) is 4.90 Å². The number of esters is 1. The van der Waals surface area contributed by atoms with E-state index in [2.05, 4.69) is 0 Å². The first-order valence-corrected chi connectivity index (χ1v) is 8.72. The van der Waals surface area contributed by atoms with Crippen molar-refractivity contribution in [1.29, 1.82) is 0 Å². The Morgan fingerprint density at radius 2 is 1.74 bits per heavy atom. The van der Waals surface area contributed by atoms with E-state index in [9.17, 15) is 18.8 Å². The van der Waals surface area contributed by atoms with Gasteiger partial charge >= 0.3 is 5.97 Å². The zero-order valence-electron chi connectivity index (χ0n) is 15.1. The minimum absolute atomic E-state index is 0.0458. The molecule has 2 atom stereocenters. The summed E-state index contributed by atoms with van der Waals surface area (Å²) in [6.45, 7) is 3.64. The van der Waals surface area contributed by atoms with E-state index >= 15 is 0 Å². The molecule has 1 saturated heterocycles. The molecule has 0 spiro atoms. The molecular weight excluding hydrogens is 349 g/mol. The molecule has 1 aliphatic heterocycles. The molecule has 1 heterocycles. The van der Waals surface area contributed by atoms with Gasteiger partial charge in [-0.25, -0.2) is 4.39 Å². The summed E-state index contributed by atoms with van der Waals surface area (Å²) in [5, 5.41) is 0. The highest BCUT2D eigenvalue weighted by Crippen LogP contribution is 2.26. The lowest BCUT2D eigenvalue weighted by molar-refractivity contribution is -0.151. The Kier molecular flexibility index (Phi) is 5.35. The summed E-state index contributed by atoms with van der Waals surface area (Å²) < 4.78 is 18.2. The van der Waals surface area contributed by atoms with Crippen LogP contribution in [0.4, 0.5) is 10.1 Å². The summed E-state index contributed by atoms with van der Waals surface area (Å²) in [6.07, 6.45) is -0.962. The topological polar surface area (TPSA) is 63.7 Å². The van der Waals surface area contributed by atoms with Gasteiger partial charge in [0.25, 0.3) is 0 Å². The third-order valence-electron chi connectivity index (χ3n) is 4.59. The standard InChI is InChI=1S/C21H20FNO4/c1-13-3-9-18(10-4-13)23-12-16(11-19(23)24)21(26)27-14(2)20(25)15-5-7-17(22)8-6-15/h3-10,14,16H,11-12H2,1-2H3/t14-,16+/m1/s1. The molecule has 1 amide bonds. The van der Waals surface area contributed by atoms with Gasteiger partial charge in [-0.1, -0.05) is 17.7 Å². The van der Waals surface area contributed by atoms with Crippen molar-refractivity contribution in [2.45, 2.75) is 26.4 Å². The first-order valence-electron chi connectivity index (χ1n) is 8.72. The number of hydrogen-bond acceptors (Lipinski definition) is 4. The molecule has 2 aromatic carbocycles. The molecule has 0 N–H and O–H groups in total. The number of rotatable bonds is 5. The fraction of sp³-hybridized carbons (Fsp3) is 0.286. The van der Waals surface area contributed by atoms with E-state index in [0.717, 1.165) is 11.3 Å². The molecule has 2 aromatic rings. The van der Waals surface area contributed by atoms with E-state index in [-0.39, 0.29) is 24.4 Å². The van der Waals surface area contributed by atoms with Gasteiger partial charge < -0.3 is 9.64 Å². The van der Waals surface area contributed by atoms with Crippen molar-refractivity contribution >= 4 is 23.3 Å². The van der Waals surface area contributed by atoms with E-state index in [0.29, 0.717) is 0 Å². The molecule has 1 fully saturated rings. The van der Waals surface area contributed by atoms with Crippen molar-refractivity contribution in [2.75, 3.05) is 11.4 Å². The van der Waals surface area contributed by atoms with Gasteiger partial charge in [-0.2, -0.15) is 0 Å². The summed E-state index contributed by atoms with van der Waals surface area (Å²) in [6, 6.07) is 12.5. The number of anilines is 1. The van der Waals surface area contributed by atoms with Crippen LogP contribution < -0.4 is 4.90 Å². The number of Topliss-reactive ketones (excluding diaryl/α,β-unsaturated/α-hetero) is 1. The zero-order valence-corrected chi connectivity index (χ0v) is 15.1. The maximum atomic E-state index is 13.0. The largest absolute Gasteiger partial charge is 0.454 e. The summed E-state index contributed by atoms with van der Waals surface area (Å²) in [4.78, 5) is 38.5. The van der Waals surface area contributed by atoms with Gasteiger partial charge in [0.15, 0.2) is 6.10 Å². The second kappa shape index (κ2) is 7.70. The van der Waals surface area contributed by atoms with E-state index in [1.165, 1.54) is 31.2 Å². The first-order chi connectivity index (χ1) is 12.8. The Morgan fingerprint density at radius 3 is 2.37 bits per heavy atom. The first kappa shape index (κ1) is 18.8. The third-order valence-corrected chi connectivity index (χ3v) is 4.59. The molecular formula is C21H20FNO4. The van der Waals surface area contributed by atoms with E-state index in [4.69, 9.17) is 4.74 Å². The molecule has 0 unspecified atom stereocenters. The van der Waals surface area contributed by atoms with Crippen LogP contribution in [-0.2, 0) is 14.3 Å². The minimum atomic E-state index is -1.01. The number of aryl methyl sites for hydroxylation is 1. The fourth-order valence-electron chi connectivity index (χ4n) is 3.01. The number of ether oxygens (including phenoxy) is 1. The summed E-state index contributed by atoms with van der Waals surface area (Å²) in [5.74, 6) is -2.22. The number of nitrogens with zero attached hydrogens (tertiary/aromatic N) is 1. The average molecular weight is 369 g/mol. The molecule has 27 heavy (non-hydrogen) atoms. The van der Waals surface area contributed by atoms with E-state index < -0.39 is 29.6 Å². The average Bonchev–Trinajstić information content (AvgIpc) is 3.04. The van der Waals surface area contributed by atoms with Crippen molar-refractivity contribution in [3.63, 3.8) is 0 Å². The molecule has 140 valence electrons. The Hall–Kier alpha value is -3.02. The van der Waals surface area contributed by atoms with Gasteiger partial charge in [0.2, 0.25) is 11.7 Å². The molecule has 0 bridgehead atoms. The highest BCUT2D eigenvalue weighted by molar-refractivity contribution is 6.02. The lowest BCUT2D eigenvalue weighted by Crippen LogP contribution is -2.30. The highest BCUT2D eigenvalue weighted by Gasteiger charge is 2.37. The van der Waals surface area contributed by atoms with Crippen LogP contribution in [-0.4, -0.2) is 30.3 Å². The number of halogens is 1. The normalized spacial score (nSPS) is 17.7. The molecule has 5 nitrogen and oxygen atoms in total. The van der Waals surface area contributed by atoms with Crippen molar-refractivity contribution in [1.82, 2.24) is 0 Å². The summed E-state index contributed by atoms with van der Waals surface area (Å²) in [7, 11) is 0. The van der Waals surface area contributed by atoms with Crippen molar-refractivity contribution < 1.29 is 23.5 Å². The number of carbonyl (C=O) groups excluding carboxylic acids is 3. The Bertz CT molecular complexity index is 861. The van der Waals surface area contributed by atoms with Crippen LogP contribution in [0.3, 0.4) is 0 Å². The smallest absolute Gasteiger partial charge is 0.312 e. The van der Waals surface area contributed by atoms with Crippen molar-refractivity contribution in [3.8, 4) is 0 Å². The molecule has 0 saturated carbocycles. The molecule has 6 heteroatoms. The number of ketones is 1. The molecule has 1 aliphatic rings. The van der Waals surface area contributed by atoms with Crippen LogP contribution >= 0.6 is 0 Å². The van der Waals surface area contributed by atoms with Crippen LogP contribution in [0.25, 0.3) is 0 Å². The predicted octanol–water partition coefficient (Wildman–Crippen LogP) is 3.30. The van der Waals surface area contributed by atoms with Crippen LogP contribution in [0, 0.1) is 18.7 Å². The fourth-order valence-corrected chi connectivity index (χ4v) is 3.01. The lowest BCUT2D eigenvalue weighted by atomic mass is 10.1. The van der Waals surface area contributed by atoms with Gasteiger partial charge in [0, 0.05) is 24.2 Å². The maximum absolute atomic E-state index is 13.0. The SMILES string of the molecule is Cc1ccc(N2C[C@@H](C(=O)O[C@H](C)C(=O)c3ccc(F)cc3)CC2=O)cc1. The minimum Gasteiger partial charge on any atom is -0.454 e. The maximum Gasteiger partial charge on any atom is 0.312 e. The number of hydrogen-bond donors (Lipinski definition) is 0. The van der Waals surface area contributed by atoms with Crippen LogP contribution in [0.5, 0.6) is 0 Å². The zero-order chi connectivity index (χ0) is 19.6. The lowest BCUT2D eigenvalue weighted by Gasteiger charge is -2.18. The van der Waals surface area contributed by atoms with Gasteiger partial charge in [-0.3, -0.25) is 14.4 Å². The Balaban J connectivity index is 1.62. The molecule has 0 radical (unpaired) electrons. The third kappa shape index (κ3) is 4.22. The second-order valence-electron chi connectivity index (χ2n) is 6.69. The van der Waals surface area contributed by atoms with Gasteiger partial charge in [-0.15, -0.1) is 0 Å². The Morgan fingerprint density at radius 1 is 1.11 bits per heavy atom. The second-order valence-corrected chi connectivity index (χ2v) is 6.69. The molecule has 0 aromatic heterocycles. The van der Waals surface area contributed by atoms with Crippen molar-refractivity contribution in [2.24, 2.45) is 5.92 Å². The van der Waals surface area contributed by atoms with Gasteiger partial charge in [0.05, 0.1) is 5.92 Å². The van der Waals surface area contributed by atoms with E-state index in [1.807, 2.05) is 31.2 Å². The quantitative estimate of drug-likeness (QED) is 0.599. The predicted molar refractivity (Wildman–Crippen MR) is 97.9 cm³/mol. The Labute approximate surface area is 156 Å². The van der Waals surface area contributed by atoms with Gasteiger partial charge in [0.1, 0.15) is 5.82 Å². The summed E-state index contributed by atoms with van der Waals surface area (Å²) in [5.41, 5.74) is 2.08. The van der Waals surface area contributed by atoms with Crippen LogP contribution in [0.2, 0.25) is 0 Å². The number of benzene rings is 2. The number of carbonyl (C=O) groups is 3. The van der Waals surface area contributed by atoms with Crippen LogP contribution in [0.1, 0.15) is 29.3 Å². The number of amides is 1. The summed E-state index contributed by atoms with van der Waals surface area (Å²) >= 11 is 0. The monoisotopic (exact) mass is 369 g/mol.